The zero-order chi connectivity index (χ0) is 14.4. The van der Waals surface area contributed by atoms with Crippen LogP contribution in [-0.2, 0) is 17.6 Å². The fraction of sp³-hybridized carbons (Fsp3) is 0.133. The van der Waals surface area contributed by atoms with Crippen LogP contribution >= 0.6 is 0 Å². The normalized spacial score (nSPS) is 9.75. The Hall–Kier alpha value is -2.87. The molecule has 0 atom stereocenters. The molecule has 0 saturated heterocycles. The number of hydrogen-bond donors (Lipinski definition) is 1. The van der Waals surface area contributed by atoms with Crippen LogP contribution in [-0.4, -0.2) is 16.1 Å². The fourth-order valence-corrected chi connectivity index (χ4v) is 1.69. The number of carboxylic acids is 1. The molecule has 0 aliphatic rings. The maximum atomic E-state index is 10.8. The molecule has 100 valence electrons. The molecule has 0 unspecified atom stereocenters. The predicted molar refractivity (Wildman–Crippen MR) is 71.4 cm³/mol. The lowest BCUT2D eigenvalue weighted by Crippen LogP contribution is -2.03. The molecule has 0 aliphatic heterocycles. The molecule has 20 heavy (non-hydrogen) atoms. The van der Waals surface area contributed by atoms with E-state index in [1.807, 2.05) is 0 Å². The Morgan fingerprint density at radius 3 is 2.70 bits per heavy atom. The monoisotopic (exact) mass is 268 g/mol. The zero-order valence-corrected chi connectivity index (χ0v) is 10.6. The van der Waals surface area contributed by atoms with E-state index < -0.39 is 5.97 Å². The number of pyridine rings is 1. The molecule has 0 spiro atoms. The third-order valence-electron chi connectivity index (χ3n) is 2.61. The number of benzene rings is 1. The lowest BCUT2D eigenvalue weighted by Gasteiger charge is -2.08. The van der Waals surface area contributed by atoms with E-state index in [2.05, 4.69) is 11.1 Å². The van der Waals surface area contributed by atoms with Gasteiger partial charge in [0.1, 0.15) is 5.75 Å². The van der Waals surface area contributed by atoms with E-state index in [1.165, 1.54) is 0 Å². The number of aromatic nitrogens is 1. The minimum absolute atomic E-state index is 0.143. The molecule has 0 saturated carbocycles. The van der Waals surface area contributed by atoms with Crippen molar-refractivity contribution in [2.24, 2.45) is 0 Å². The molecule has 0 aliphatic carbocycles. The Morgan fingerprint density at radius 2 is 2.05 bits per heavy atom. The third kappa shape index (κ3) is 3.56. The molecule has 1 heterocycles. The van der Waals surface area contributed by atoms with Crippen LogP contribution < -0.4 is 4.74 Å². The molecule has 1 aromatic carbocycles. The van der Waals surface area contributed by atoms with Crippen LogP contribution in [0.15, 0.2) is 42.6 Å². The van der Waals surface area contributed by atoms with Crippen molar-refractivity contribution < 1.29 is 14.6 Å². The number of hydrogen-bond acceptors (Lipinski definition) is 4. The number of nitrogens with zero attached hydrogens (tertiary/aromatic N) is 2. The van der Waals surface area contributed by atoms with Crippen LogP contribution in [0.3, 0.4) is 0 Å². The van der Waals surface area contributed by atoms with Gasteiger partial charge in [0.25, 0.3) is 0 Å². The molecule has 2 rings (SSSR count). The minimum atomic E-state index is -0.938. The number of rotatable bonds is 5. The van der Waals surface area contributed by atoms with Crippen molar-refractivity contribution in [3.63, 3.8) is 0 Å². The highest BCUT2D eigenvalue weighted by Crippen LogP contribution is 2.23. The first-order chi connectivity index (χ1) is 9.69. The summed E-state index contributed by atoms with van der Waals surface area (Å²) < 4.78 is 5.59. The van der Waals surface area contributed by atoms with Crippen LogP contribution in [0.2, 0.25) is 0 Å². The molecular formula is C15H12N2O3. The highest BCUT2D eigenvalue weighted by atomic mass is 16.5. The SMILES string of the molecule is N#CCc1ccc(Oc2ncccc2CC(=O)O)cc1. The van der Waals surface area contributed by atoms with E-state index in [9.17, 15) is 4.79 Å². The number of carboxylic acid groups (broad SMARTS) is 1. The molecule has 0 amide bonds. The molecule has 5 nitrogen and oxygen atoms in total. The van der Waals surface area contributed by atoms with Crippen molar-refractivity contribution >= 4 is 5.97 Å². The van der Waals surface area contributed by atoms with Crippen molar-refractivity contribution in [1.29, 1.82) is 5.26 Å². The average Bonchev–Trinajstić information content (AvgIpc) is 2.43. The molecule has 5 heteroatoms. The summed E-state index contributed by atoms with van der Waals surface area (Å²) in [6.45, 7) is 0. The van der Waals surface area contributed by atoms with Crippen LogP contribution in [0.1, 0.15) is 11.1 Å². The lowest BCUT2D eigenvalue weighted by molar-refractivity contribution is -0.136. The summed E-state index contributed by atoms with van der Waals surface area (Å²) in [5.74, 6) is -0.104. The summed E-state index contributed by atoms with van der Waals surface area (Å²) in [5, 5.41) is 17.4. The van der Waals surface area contributed by atoms with E-state index in [1.54, 1.807) is 42.6 Å². The van der Waals surface area contributed by atoms with Gasteiger partial charge in [0, 0.05) is 11.8 Å². The number of carbonyl (C=O) groups is 1. The smallest absolute Gasteiger partial charge is 0.308 e. The number of ether oxygens (including phenoxy) is 1. The van der Waals surface area contributed by atoms with E-state index >= 15 is 0 Å². The quantitative estimate of drug-likeness (QED) is 0.901. The summed E-state index contributed by atoms with van der Waals surface area (Å²) in [6.07, 6.45) is 1.74. The predicted octanol–water partition coefficient (Wildman–Crippen LogP) is 2.57. The lowest BCUT2D eigenvalue weighted by atomic mass is 10.1. The van der Waals surface area contributed by atoms with Crippen molar-refractivity contribution in [3.05, 3.63) is 53.7 Å². The molecule has 1 N–H and O–H groups in total. The summed E-state index contributed by atoms with van der Waals surface area (Å²) in [7, 11) is 0. The van der Waals surface area contributed by atoms with Gasteiger partial charge in [-0.1, -0.05) is 18.2 Å². The summed E-state index contributed by atoms with van der Waals surface area (Å²) in [4.78, 5) is 14.8. The molecular weight excluding hydrogens is 256 g/mol. The first-order valence-electron chi connectivity index (χ1n) is 5.98. The van der Waals surface area contributed by atoms with E-state index in [4.69, 9.17) is 15.1 Å². The van der Waals surface area contributed by atoms with Gasteiger partial charge in [-0.3, -0.25) is 4.79 Å². The third-order valence-corrected chi connectivity index (χ3v) is 2.61. The van der Waals surface area contributed by atoms with Crippen LogP contribution in [0, 0.1) is 11.3 Å². The zero-order valence-electron chi connectivity index (χ0n) is 10.6. The van der Waals surface area contributed by atoms with Gasteiger partial charge in [-0.15, -0.1) is 0 Å². The van der Waals surface area contributed by atoms with Crippen LogP contribution in [0.5, 0.6) is 11.6 Å². The van der Waals surface area contributed by atoms with Gasteiger partial charge >= 0.3 is 5.97 Å². The topological polar surface area (TPSA) is 83.2 Å². The minimum Gasteiger partial charge on any atom is -0.481 e. The Balaban J connectivity index is 2.17. The second-order valence-electron chi connectivity index (χ2n) is 4.12. The fourth-order valence-electron chi connectivity index (χ4n) is 1.69. The number of nitriles is 1. The average molecular weight is 268 g/mol. The molecule has 0 bridgehead atoms. The van der Waals surface area contributed by atoms with Gasteiger partial charge in [0.15, 0.2) is 0 Å². The Bertz CT molecular complexity index is 645. The standard InChI is InChI=1S/C15H12N2O3/c16-8-7-11-3-5-13(6-4-11)20-15-12(10-14(18)19)2-1-9-17-15/h1-6,9H,7,10H2,(H,18,19). The Labute approximate surface area is 116 Å². The van der Waals surface area contributed by atoms with Crippen LogP contribution in [0.4, 0.5) is 0 Å². The largest absolute Gasteiger partial charge is 0.481 e. The summed E-state index contributed by atoms with van der Waals surface area (Å²) >= 11 is 0. The van der Waals surface area contributed by atoms with Gasteiger partial charge in [0.05, 0.1) is 18.9 Å². The van der Waals surface area contributed by atoms with Gasteiger partial charge in [-0.25, -0.2) is 4.98 Å². The maximum absolute atomic E-state index is 10.8. The van der Waals surface area contributed by atoms with E-state index in [0.717, 1.165) is 5.56 Å². The highest BCUT2D eigenvalue weighted by molar-refractivity contribution is 5.71. The first-order valence-corrected chi connectivity index (χ1v) is 5.98. The molecule has 1 aromatic heterocycles. The number of aliphatic carboxylic acids is 1. The van der Waals surface area contributed by atoms with E-state index in [-0.39, 0.29) is 12.3 Å². The van der Waals surface area contributed by atoms with Gasteiger partial charge in [-0.2, -0.15) is 5.26 Å². The van der Waals surface area contributed by atoms with Crippen LogP contribution in [0.25, 0.3) is 0 Å². The second-order valence-corrected chi connectivity index (χ2v) is 4.12. The van der Waals surface area contributed by atoms with Crippen molar-refractivity contribution in [2.45, 2.75) is 12.8 Å². The second kappa shape index (κ2) is 6.34. The van der Waals surface area contributed by atoms with Crippen molar-refractivity contribution in [3.8, 4) is 17.7 Å². The van der Waals surface area contributed by atoms with E-state index in [0.29, 0.717) is 17.7 Å². The van der Waals surface area contributed by atoms with Gasteiger partial charge in [0.2, 0.25) is 5.88 Å². The summed E-state index contributed by atoms with van der Waals surface area (Å²) in [6, 6.07) is 12.4. The van der Waals surface area contributed by atoms with Gasteiger partial charge in [-0.05, 0) is 23.8 Å². The van der Waals surface area contributed by atoms with Crippen molar-refractivity contribution in [2.75, 3.05) is 0 Å². The van der Waals surface area contributed by atoms with Gasteiger partial charge < -0.3 is 9.84 Å². The summed E-state index contributed by atoms with van der Waals surface area (Å²) in [5.41, 5.74) is 1.41. The maximum Gasteiger partial charge on any atom is 0.308 e. The Kier molecular flexibility index (Phi) is 4.30. The highest BCUT2D eigenvalue weighted by Gasteiger charge is 2.09. The Morgan fingerprint density at radius 1 is 1.30 bits per heavy atom. The molecule has 2 aromatic rings. The van der Waals surface area contributed by atoms with Crippen molar-refractivity contribution in [1.82, 2.24) is 4.98 Å². The first kappa shape index (κ1) is 13.6. The molecule has 0 fully saturated rings. The molecule has 0 radical (unpaired) electrons.